The highest BCUT2D eigenvalue weighted by Crippen LogP contribution is 2.46. The molecule has 0 aliphatic heterocycles. The molecule has 2 rings (SSSR count). The third-order valence-electron chi connectivity index (χ3n) is 5.67. The van der Waals surface area contributed by atoms with E-state index in [9.17, 15) is 0 Å². The fraction of sp³-hybridized carbons (Fsp3) is 1.00. The molecule has 0 spiro atoms. The summed E-state index contributed by atoms with van der Waals surface area (Å²) in [7, 11) is 3.78. The summed E-state index contributed by atoms with van der Waals surface area (Å²) in [5.74, 6) is 1.54. The quantitative estimate of drug-likeness (QED) is 0.702. The number of ether oxygens (including phenoxy) is 2. The fourth-order valence-corrected chi connectivity index (χ4v) is 4.62. The molecule has 0 aromatic heterocycles. The molecule has 2 aliphatic carbocycles. The number of hydrogen-bond acceptors (Lipinski definition) is 2. The van der Waals surface area contributed by atoms with E-state index >= 15 is 0 Å². The first-order chi connectivity index (χ1) is 9.33. The van der Waals surface area contributed by atoms with E-state index in [0.717, 1.165) is 24.9 Å². The van der Waals surface area contributed by atoms with E-state index in [0.29, 0.717) is 0 Å². The Bertz CT molecular complexity index is 222. The normalized spacial score (nSPS) is 23.7. The lowest BCUT2D eigenvalue weighted by Crippen LogP contribution is -2.49. The van der Waals surface area contributed by atoms with Gasteiger partial charge in [0.15, 0.2) is 0 Å². The number of hydrogen-bond donors (Lipinski definition) is 0. The minimum absolute atomic E-state index is 0.108. The van der Waals surface area contributed by atoms with Gasteiger partial charge >= 0.3 is 0 Å². The van der Waals surface area contributed by atoms with Gasteiger partial charge in [0.2, 0.25) is 0 Å². The van der Waals surface area contributed by atoms with Crippen LogP contribution < -0.4 is 0 Å². The zero-order valence-electron chi connectivity index (χ0n) is 13.0. The summed E-state index contributed by atoms with van der Waals surface area (Å²) in [5, 5.41) is 0. The van der Waals surface area contributed by atoms with Crippen LogP contribution in [0.2, 0.25) is 0 Å². The second-order valence-electron chi connectivity index (χ2n) is 6.57. The fourth-order valence-electron chi connectivity index (χ4n) is 4.62. The first-order valence-corrected chi connectivity index (χ1v) is 8.37. The van der Waals surface area contributed by atoms with Gasteiger partial charge in [0, 0.05) is 27.2 Å². The maximum absolute atomic E-state index is 6.24. The Morgan fingerprint density at radius 2 is 1.26 bits per heavy atom. The zero-order chi connectivity index (χ0) is 13.6. The Labute approximate surface area is 119 Å². The summed E-state index contributed by atoms with van der Waals surface area (Å²) in [5.41, 5.74) is 0.108. The van der Waals surface area contributed by atoms with E-state index in [1.165, 1.54) is 64.2 Å². The molecule has 0 bridgehead atoms. The van der Waals surface area contributed by atoms with Crippen molar-refractivity contribution < 1.29 is 9.47 Å². The highest BCUT2D eigenvalue weighted by Gasteiger charge is 2.45. The molecule has 0 N–H and O–H groups in total. The standard InChI is InChI=1S/C17H32O2/c1-18-14-13-17(19-2,15-9-5-3-6-10-15)16-11-7-4-8-12-16/h15-16H,3-14H2,1-2H3. The van der Waals surface area contributed by atoms with E-state index < -0.39 is 0 Å². The molecule has 2 fully saturated rings. The zero-order valence-corrected chi connectivity index (χ0v) is 13.0. The van der Waals surface area contributed by atoms with Crippen LogP contribution in [0.4, 0.5) is 0 Å². The van der Waals surface area contributed by atoms with Crippen molar-refractivity contribution in [2.24, 2.45) is 11.8 Å². The molecule has 2 heteroatoms. The van der Waals surface area contributed by atoms with Crippen molar-refractivity contribution in [1.29, 1.82) is 0 Å². The van der Waals surface area contributed by atoms with E-state index in [4.69, 9.17) is 9.47 Å². The van der Waals surface area contributed by atoms with Crippen molar-refractivity contribution in [3.8, 4) is 0 Å². The molecule has 0 aromatic carbocycles. The average Bonchev–Trinajstić information content (AvgIpc) is 2.51. The van der Waals surface area contributed by atoms with Crippen LogP contribution in [0.3, 0.4) is 0 Å². The summed E-state index contributed by atoms with van der Waals surface area (Å²) in [6.07, 6.45) is 15.0. The molecule has 2 nitrogen and oxygen atoms in total. The maximum Gasteiger partial charge on any atom is 0.0756 e. The van der Waals surface area contributed by atoms with Gasteiger partial charge < -0.3 is 9.47 Å². The van der Waals surface area contributed by atoms with E-state index in [-0.39, 0.29) is 5.60 Å². The summed E-state index contributed by atoms with van der Waals surface area (Å²) in [6.45, 7) is 0.848. The highest BCUT2D eigenvalue weighted by molar-refractivity contribution is 4.96. The van der Waals surface area contributed by atoms with Gasteiger partial charge in [-0.2, -0.15) is 0 Å². The summed E-state index contributed by atoms with van der Waals surface area (Å²) < 4.78 is 11.6. The maximum atomic E-state index is 6.24. The molecule has 0 heterocycles. The molecule has 2 saturated carbocycles. The Balaban J connectivity index is 2.12. The summed E-state index contributed by atoms with van der Waals surface area (Å²) in [6, 6.07) is 0. The first-order valence-electron chi connectivity index (χ1n) is 8.37. The van der Waals surface area contributed by atoms with Crippen LogP contribution in [0, 0.1) is 11.8 Å². The molecule has 0 aromatic rings. The molecule has 0 atom stereocenters. The molecular weight excluding hydrogens is 236 g/mol. The van der Waals surface area contributed by atoms with Gasteiger partial charge in [-0.25, -0.2) is 0 Å². The number of rotatable bonds is 6. The second kappa shape index (κ2) is 7.64. The third kappa shape index (κ3) is 3.52. The molecule has 0 radical (unpaired) electrons. The minimum Gasteiger partial charge on any atom is -0.385 e. The topological polar surface area (TPSA) is 18.5 Å². The molecule has 0 amide bonds. The average molecular weight is 268 g/mol. The van der Waals surface area contributed by atoms with Crippen molar-refractivity contribution in [3.05, 3.63) is 0 Å². The van der Waals surface area contributed by atoms with E-state index in [1.807, 2.05) is 14.2 Å². The lowest BCUT2D eigenvalue weighted by molar-refractivity contribution is -0.133. The lowest BCUT2D eigenvalue weighted by Gasteiger charge is -2.48. The predicted molar refractivity (Wildman–Crippen MR) is 79.4 cm³/mol. The molecular formula is C17H32O2. The van der Waals surface area contributed by atoms with Crippen molar-refractivity contribution in [2.45, 2.75) is 76.2 Å². The summed E-state index contributed by atoms with van der Waals surface area (Å²) in [4.78, 5) is 0. The van der Waals surface area contributed by atoms with Gasteiger partial charge in [-0.05, 0) is 37.5 Å². The highest BCUT2D eigenvalue weighted by atomic mass is 16.5. The van der Waals surface area contributed by atoms with Crippen LogP contribution in [-0.4, -0.2) is 26.4 Å². The smallest absolute Gasteiger partial charge is 0.0756 e. The lowest BCUT2D eigenvalue weighted by atomic mass is 9.65. The Morgan fingerprint density at radius 3 is 1.63 bits per heavy atom. The monoisotopic (exact) mass is 268 g/mol. The predicted octanol–water partition coefficient (Wildman–Crippen LogP) is 4.57. The van der Waals surface area contributed by atoms with Crippen LogP contribution in [0.5, 0.6) is 0 Å². The molecule has 2 aliphatic rings. The van der Waals surface area contributed by atoms with E-state index in [2.05, 4.69) is 0 Å². The first kappa shape index (κ1) is 15.3. The van der Waals surface area contributed by atoms with Crippen LogP contribution >= 0.6 is 0 Å². The Kier molecular flexibility index (Phi) is 6.15. The molecule has 19 heavy (non-hydrogen) atoms. The van der Waals surface area contributed by atoms with Crippen molar-refractivity contribution >= 4 is 0 Å². The van der Waals surface area contributed by atoms with Gasteiger partial charge in [-0.3, -0.25) is 0 Å². The Hall–Kier alpha value is -0.0800. The largest absolute Gasteiger partial charge is 0.385 e. The van der Waals surface area contributed by atoms with Crippen molar-refractivity contribution in [3.63, 3.8) is 0 Å². The summed E-state index contributed by atoms with van der Waals surface area (Å²) >= 11 is 0. The minimum atomic E-state index is 0.108. The second-order valence-corrected chi connectivity index (χ2v) is 6.57. The SMILES string of the molecule is COCCC(OC)(C1CCCCC1)C1CCCCC1. The van der Waals surface area contributed by atoms with Crippen molar-refractivity contribution in [1.82, 2.24) is 0 Å². The van der Waals surface area contributed by atoms with Gasteiger partial charge in [-0.1, -0.05) is 38.5 Å². The molecule has 112 valence electrons. The Morgan fingerprint density at radius 1 is 0.789 bits per heavy atom. The van der Waals surface area contributed by atoms with Gasteiger partial charge in [0.1, 0.15) is 0 Å². The third-order valence-corrected chi connectivity index (χ3v) is 5.67. The van der Waals surface area contributed by atoms with Crippen molar-refractivity contribution in [2.75, 3.05) is 20.8 Å². The van der Waals surface area contributed by atoms with Crippen LogP contribution in [0.15, 0.2) is 0 Å². The van der Waals surface area contributed by atoms with Gasteiger partial charge in [-0.15, -0.1) is 0 Å². The van der Waals surface area contributed by atoms with Crippen LogP contribution in [-0.2, 0) is 9.47 Å². The van der Waals surface area contributed by atoms with Gasteiger partial charge in [0.05, 0.1) is 5.60 Å². The van der Waals surface area contributed by atoms with E-state index in [1.54, 1.807) is 0 Å². The molecule has 0 unspecified atom stereocenters. The van der Waals surface area contributed by atoms with Crippen LogP contribution in [0.25, 0.3) is 0 Å². The van der Waals surface area contributed by atoms with Crippen LogP contribution in [0.1, 0.15) is 70.6 Å². The number of methoxy groups -OCH3 is 2. The molecule has 0 saturated heterocycles. The van der Waals surface area contributed by atoms with Gasteiger partial charge in [0.25, 0.3) is 0 Å².